The van der Waals surface area contributed by atoms with Crippen LogP contribution in [0.25, 0.3) is 0 Å². The van der Waals surface area contributed by atoms with Gasteiger partial charge in [0.25, 0.3) is 0 Å². The van der Waals surface area contributed by atoms with E-state index in [4.69, 9.17) is 11.1 Å². The van der Waals surface area contributed by atoms with E-state index in [2.05, 4.69) is 4.90 Å². The zero-order valence-electron chi connectivity index (χ0n) is 9.88. The monoisotopic (exact) mass is 235 g/mol. The van der Waals surface area contributed by atoms with Gasteiger partial charge in [-0.15, -0.1) is 0 Å². The van der Waals surface area contributed by atoms with E-state index in [1.54, 1.807) is 12.1 Å². The summed E-state index contributed by atoms with van der Waals surface area (Å²) < 4.78 is 13.9. The highest BCUT2D eigenvalue weighted by molar-refractivity contribution is 5.95. The first-order valence-corrected chi connectivity index (χ1v) is 6.07. The van der Waals surface area contributed by atoms with Crippen LogP contribution >= 0.6 is 0 Å². The molecule has 1 aliphatic heterocycles. The van der Waals surface area contributed by atoms with Gasteiger partial charge in [0, 0.05) is 18.7 Å². The molecule has 0 spiro atoms. The van der Waals surface area contributed by atoms with Crippen LogP contribution in [0.4, 0.5) is 10.1 Å². The zero-order valence-corrected chi connectivity index (χ0v) is 9.88. The number of rotatable bonds is 2. The Bertz CT molecular complexity index is 409. The Hall–Kier alpha value is -1.58. The maximum absolute atomic E-state index is 13.9. The van der Waals surface area contributed by atoms with E-state index < -0.39 is 0 Å². The molecule has 1 heterocycles. The third kappa shape index (κ3) is 2.75. The van der Waals surface area contributed by atoms with Gasteiger partial charge in [-0.2, -0.15) is 0 Å². The molecule has 3 N–H and O–H groups in total. The van der Waals surface area contributed by atoms with Crippen molar-refractivity contribution in [2.75, 3.05) is 18.0 Å². The van der Waals surface area contributed by atoms with Crippen LogP contribution in [0, 0.1) is 11.2 Å². The Morgan fingerprint density at radius 2 is 1.82 bits per heavy atom. The first-order chi connectivity index (χ1) is 8.18. The molecule has 0 aliphatic carbocycles. The lowest BCUT2D eigenvalue weighted by molar-refractivity contribution is 0.616. The van der Waals surface area contributed by atoms with Crippen LogP contribution < -0.4 is 10.6 Å². The van der Waals surface area contributed by atoms with E-state index in [0.717, 1.165) is 25.9 Å². The molecule has 0 bridgehead atoms. The number of nitrogens with one attached hydrogen (secondary N) is 1. The van der Waals surface area contributed by atoms with E-state index in [1.807, 2.05) is 0 Å². The Kier molecular flexibility index (Phi) is 3.61. The molecule has 0 radical (unpaired) electrons. The van der Waals surface area contributed by atoms with Crippen LogP contribution in [0.2, 0.25) is 0 Å². The minimum Gasteiger partial charge on any atom is -0.384 e. The molecule has 0 unspecified atom stereocenters. The highest BCUT2D eigenvalue weighted by Gasteiger charge is 2.14. The normalized spacial score (nSPS) is 16.6. The van der Waals surface area contributed by atoms with Crippen molar-refractivity contribution < 1.29 is 4.39 Å². The summed E-state index contributed by atoms with van der Waals surface area (Å²) >= 11 is 0. The number of hydrogen-bond donors (Lipinski definition) is 2. The maximum atomic E-state index is 13.9. The van der Waals surface area contributed by atoms with E-state index in [-0.39, 0.29) is 11.7 Å². The second-order valence-electron chi connectivity index (χ2n) is 4.48. The molecule has 1 fully saturated rings. The lowest BCUT2D eigenvalue weighted by Crippen LogP contribution is -2.25. The van der Waals surface area contributed by atoms with Gasteiger partial charge in [0.2, 0.25) is 0 Å². The number of benzene rings is 1. The fourth-order valence-corrected chi connectivity index (χ4v) is 2.24. The van der Waals surface area contributed by atoms with Crippen LogP contribution in [0.3, 0.4) is 0 Å². The molecule has 1 aliphatic rings. The molecule has 0 saturated carbocycles. The third-order valence-corrected chi connectivity index (χ3v) is 3.21. The predicted octanol–water partition coefficient (Wildman–Crippen LogP) is 2.49. The number of halogens is 1. The van der Waals surface area contributed by atoms with Gasteiger partial charge in [-0.1, -0.05) is 12.8 Å². The largest absolute Gasteiger partial charge is 0.384 e. The first kappa shape index (κ1) is 11.9. The summed E-state index contributed by atoms with van der Waals surface area (Å²) in [6, 6.07) is 4.80. The summed E-state index contributed by atoms with van der Waals surface area (Å²) in [7, 11) is 0. The summed E-state index contributed by atoms with van der Waals surface area (Å²) in [6.07, 6.45) is 4.69. The van der Waals surface area contributed by atoms with Crippen LogP contribution in [-0.4, -0.2) is 18.9 Å². The average Bonchev–Trinajstić information content (AvgIpc) is 2.57. The number of nitrogens with zero attached hydrogens (tertiary/aromatic N) is 1. The van der Waals surface area contributed by atoms with Crippen molar-refractivity contribution in [3.8, 4) is 0 Å². The summed E-state index contributed by atoms with van der Waals surface area (Å²) in [6.45, 7) is 1.83. The van der Waals surface area contributed by atoms with Crippen LogP contribution in [0.15, 0.2) is 18.2 Å². The Balaban J connectivity index is 2.22. The summed E-state index contributed by atoms with van der Waals surface area (Å²) in [5.74, 6) is -0.370. The number of hydrogen-bond acceptors (Lipinski definition) is 2. The van der Waals surface area contributed by atoms with Crippen LogP contribution in [-0.2, 0) is 0 Å². The molecule has 92 valence electrons. The molecule has 4 heteroatoms. The van der Waals surface area contributed by atoms with Crippen molar-refractivity contribution in [3.05, 3.63) is 29.6 Å². The van der Waals surface area contributed by atoms with Gasteiger partial charge in [0.15, 0.2) is 0 Å². The third-order valence-electron chi connectivity index (χ3n) is 3.21. The Labute approximate surface area is 101 Å². The molecule has 0 aromatic heterocycles. The number of nitrogen functional groups attached to an aromatic ring is 1. The first-order valence-electron chi connectivity index (χ1n) is 6.07. The number of nitrogens with two attached hydrogens (primary N) is 1. The van der Waals surface area contributed by atoms with Gasteiger partial charge in [0.05, 0.1) is 5.69 Å². The average molecular weight is 235 g/mol. The lowest BCUT2D eigenvalue weighted by Gasteiger charge is -2.23. The van der Waals surface area contributed by atoms with Gasteiger partial charge in [-0.3, -0.25) is 5.41 Å². The maximum Gasteiger partial charge on any atom is 0.147 e. The van der Waals surface area contributed by atoms with Gasteiger partial charge in [-0.25, -0.2) is 4.39 Å². The highest BCUT2D eigenvalue weighted by atomic mass is 19.1. The standard InChI is InChI=1S/C13H18FN3/c14-11-9-10(13(15)16)5-6-12(11)17-7-3-1-2-4-8-17/h5-6,9H,1-4,7-8H2,(H3,15,16). The minimum absolute atomic E-state index is 0.0914. The molecule has 1 aromatic rings. The molecule has 1 aromatic carbocycles. The predicted molar refractivity (Wildman–Crippen MR) is 68.1 cm³/mol. The van der Waals surface area contributed by atoms with Gasteiger partial charge < -0.3 is 10.6 Å². The summed E-state index contributed by atoms with van der Waals surface area (Å²) in [5, 5.41) is 7.28. The smallest absolute Gasteiger partial charge is 0.147 e. The lowest BCUT2D eigenvalue weighted by atomic mass is 10.1. The number of amidine groups is 1. The molecule has 1 saturated heterocycles. The summed E-state index contributed by atoms with van der Waals surface area (Å²) in [4.78, 5) is 2.09. The Morgan fingerprint density at radius 1 is 1.18 bits per heavy atom. The second kappa shape index (κ2) is 5.17. The molecular formula is C13H18FN3. The van der Waals surface area contributed by atoms with Gasteiger partial charge >= 0.3 is 0 Å². The molecule has 0 amide bonds. The molecule has 0 atom stereocenters. The van der Waals surface area contributed by atoms with Crippen molar-refractivity contribution in [3.63, 3.8) is 0 Å². The van der Waals surface area contributed by atoms with Crippen LogP contribution in [0.1, 0.15) is 31.2 Å². The van der Waals surface area contributed by atoms with Crippen molar-refractivity contribution in [1.82, 2.24) is 0 Å². The van der Waals surface area contributed by atoms with Gasteiger partial charge in [0.1, 0.15) is 11.7 Å². The zero-order chi connectivity index (χ0) is 12.3. The van der Waals surface area contributed by atoms with Crippen molar-refractivity contribution >= 4 is 11.5 Å². The Morgan fingerprint density at radius 3 is 2.35 bits per heavy atom. The van der Waals surface area contributed by atoms with Crippen LogP contribution in [0.5, 0.6) is 0 Å². The fraction of sp³-hybridized carbons (Fsp3) is 0.462. The van der Waals surface area contributed by atoms with Gasteiger partial charge in [-0.05, 0) is 31.0 Å². The minimum atomic E-state index is -0.278. The van der Waals surface area contributed by atoms with Crippen molar-refractivity contribution in [2.45, 2.75) is 25.7 Å². The highest BCUT2D eigenvalue weighted by Crippen LogP contribution is 2.23. The van der Waals surface area contributed by atoms with E-state index in [0.29, 0.717) is 11.3 Å². The molecule has 2 rings (SSSR count). The topological polar surface area (TPSA) is 53.1 Å². The fourth-order valence-electron chi connectivity index (χ4n) is 2.24. The molecule has 3 nitrogen and oxygen atoms in total. The van der Waals surface area contributed by atoms with Crippen molar-refractivity contribution in [2.24, 2.45) is 5.73 Å². The van der Waals surface area contributed by atoms with E-state index >= 15 is 0 Å². The SMILES string of the molecule is N=C(N)c1ccc(N2CCCCCC2)c(F)c1. The molecule has 17 heavy (non-hydrogen) atoms. The number of anilines is 1. The summed E-state index contributed by atoms with van der Waals surface area (Å²) in [5.41, 5.74) is 6.42. The second-order valence-corrected chi connectivity index (χ2v) is 4.48. The quantitative estimate of drug-likeness (QED) is 0.611. The van der Waals surface area contributed by atoms with Crippen molar-refractivity contribution in [1.29, 1.82) is 5.41 Å². The van der Waals surface area contributed by atoms with E-state index in [9.17, 15) is 4.39 Å². The molecular weight excluding hydrogens is 217 g/mol. The van der Waals surface area contributed by atoms with E-state index in [1.165, 1.54) is 18.9 Å².